The van der Waals surface area contributed by atoms with Crippen LogP contribution in [0.2, 0.25) is 0 Å². The van der Waals surface area contributed by atoms with Crippen LogP contribution >= 0.6 is 0 Å². The summed E-state index contributed by atoms with van der Waals surface area (Å²) in [6.45, 7) is 4.53. The van der Waals surface area contributed by atoms with Crippen LogP contribution in [-0.2, 0) is 0 Å². The topological polar surface area (TPSA) is 0 Å². The Morgan fingerprint density at radius 1 is 1.56 bits per heavy atom. The molecule has 0 N–H and O–H groups in total. The van der Waals surface area contributed by atoms with Gasteiger partial charge in [-0.05, 0) is 18.8 Å². The van der Waals surface area contributed by atoms with Crippen LogP contribution in [-0.4, -0.2) is 0 Å². The van der Waals surface area contributed by atoms with Crippen molar-refractivity contribution in [2.45, 2.75) is 26.7 Å². The fourth-order valence-electron chi connectivity index (χ4n) is 1.17. The Balaban J connectivity index is 2.30. The molecule has 1 aliphatic rings. The third kappa shape index (κ3) is 2.05. The number of hydrogen-bond acceptors (Lipinski definition) is 0. The summed E-state index contributed by atoms with van der Waals surface area (Å²) in [5.41, 5.74) is 1.59. The monoisotopic (exact) mass is 122 g/mol. The normalized spacial score (nSPS) is 17.0. The third-order valence-electron chi connectivity index (χ3n) is 1.52. The van der Waals surface area contributed by atoms with Gasteiger partial charge in [0.15, 0.2) is 0 Å². The molecule has 0 aliphatic heterocycles. The Bertz CT molecular complexity index is 138. The van der Waals surface area contributed by atoms with Crippen molar-refractivity contribution in [2.75, 3.05) is 0 Å². The smallest absolute Gasteiger partial charge is 0.0132 e. The molecule has 0 aromatic rings. The van der Waals surface area contributed by atoms with Crippen LogP contribution in [0.5, 0.6) is 0 Å². The molecule has 50 valence electrons. The largest absolute Gasteiger partial charge is 0.0805 e. The third-order valence-corrected chi connectivity index (χ3v) is 1.52. The number of rotatable bonds is 2. The van der Waals surface area contributed by atoms with E-state index in [9.17, 15) is 0 Å². The van der Waals surface area contributed by atoms with Crippen LogP contribution in [0.3, 0.4) is 0 Å². The van der Waals surface area contributed by atoms with Crippen molar-refractivity contribution >= 4 is 0 Å². The van der Waals surface area contributed by atoms with Gasteiger partial charge in [-0.1, -0.05) is 37.6 Å². The van der Waals surface area contributed by atoms with E-state index < -0.39 is 0 Å². The molecule has 0 heteroatoms. The van der Waals surface area contributed by atoms with Gasteiger partial charge >= 0.3 is 0 Å². The molecule has 1 aliphatic carbocycles. The predicted octanol–water partition coefficient (Wildman–Crippen LogP) is 2.92. The van der Waals surface area contributed by atoms with Crippen LogP contribution < -0.4 is 0 Å². The molecule has 0 bridgehead atoms. The molecule has 0 saturated carbocycles. The quantitative estimate of drug-likeness (QED) is 0.528. The van der Waals surface area contributed by atoms with E-state index in [1.807, 2.05) is 0 Å². The fourth-order valence-corrected chi connectivity index (χ4v) is 1.17. The molecule has 0 aromatic heterocycles. The second-order valence-electron chi connectivity index (χ2n) is 3.06. The summed E-state index contributed by atoms with van der Waals surface area (Å²) in [5.74, 6) is 0.816. The number of hydrogen-bond donors (Lipinski definition) is 0. The average Bonchev–Trinajstić information content (AvgIpc) is 2.15. The first kappa shape index (κ1) is 6.60. The molecule has 0 amide bonds. The van der Waals surface area contributed by atoms with Gasteiger partial charge in [-0.3, -0.25) is 0 Å². The van der Waals surface area contributed by atoms with E-state index in [-0.39, 0.29) is 0 Å². The van der Waals surface area contributed by atoms with Crippen molar-refractivity contribution in [2.24, 2.45) is 5.92 Å². The lowest BCUT2D eigenvalue weighted by atomic mass is 10.0. The van der Waals surface area contributed by atoms with Crippen molar-refractivity contribution in [1.29, 1.82) is 0 Å². The Hall–Kier alpha value is -0.520. The Labute approximate surface area is 57.3 Å². The van der Waals surface area contributed by atoms with Gasteiger partial charge in [0.2, 0.25) is 0 Å². The first-order chi connectivity index (χ1) is 4.29. The van der Waals surface area contributed by atoms with E-state index in [0.29, 0.717) is 0 Å². The van der Waals surface area contributed by atoms with E-state index in [2.05, 4.69) is 32.1 Å². The first-order valence-corrected chi connectivity index (χ1v) is 3.63. The summed E-state index contributed by atoms with van der Waals surface area (Å²) < 4.78 is 0. The zero-order valence-corrected chi connectivity index (χ0v) is 6.22. The summed E-state index contributed by atoms with van der Waals surface area (Å²) in [6, 6.07) is 0. The minimum absolute atomic E-state index is 0.816. The maximum Gasteiger partial charge on any atom is -0.0132 e. The van der Waals surface area contributed by atoms with Crippen molar-refractivity contribution in [3.05, 3.63) is 23.8 Å². The Kier molecular flexibility index (Phi) is 2.10. The van der Waals surface area contributed by atoms with Crippen LogP contribution in [0.4, 0.5) is 0 Å². The molecule has 0 aromatic carbocycles. The molecule has 0 heterocycles. The molecule has 0 fully saturated rings. The van der Waals surface area contributed by atoms with E-state index in [1.54, 1.807) is 5.57 Å². The summed E-state index contributed by atoms with van der Waals surface area (Å²) in [5, 5.41) is 0. The molecular weight excluding hydrogens is 108 g/mol. The van der Waals surface area contributed by atoms with Crippen molar-refractivity contribution in [1.82, 2.24) is 0 Å². The second kappa shape index (κ2) is 2.86. The molecule has 0 spiro atoms. The SMILES string of the molecule is CC(C)CC1=CC=CC1. The van der Waals surface area contributed by atoms with Gasteiger partial charge in [-0.15, -0.1) is 0 Å². The van der Waals surface area contributed by atoms with Gasteiger partial charge in [-0.25, -0.2) is 0 Å². The first-order valence-electron chi connectivity index (χ1n) is 3.63. The van der Waals surface area contributed by atoms with E-state index in [0.717, 1.165) is 5.92 Å². The maximum absolute atomic E-state index is 2.26. The standard InChI is InChI=1S/C9H14/c1-8(2)7-9-5-3-4-6-9/h3-5,8H,6-7H2,1-2H3. The zero-order valence-electron chi connectivity index (χ0n) is 6.22. The summed E-state index contributed by atoms with van der Waals surface area (Å²) >= 11 is 0. The van der Waals surface area contributed by atoms with E-state index in [1.165, 1.54) is 12.8 Å². The fraction of sp³-hybridized carbons (Fsp3) is 0.556. The van der Waals surface area contributed by atoms with Crippen LogP contribution in [0.25, 0.3) is 0 Å². The Morgan fingerprint density at radius 3 is 2.78 bits per heavy atom. The number of allylic oxidation sites excluding steroid dienone is 4. The van der Waals surface area contributed by atoms with Crippen LogP contribution in [0, 0.1) is 5.92 Å². The Morgan fingerprint density at radius 2 is 2.33 bits per heavy atom. The highest BCUT2D eigenvalue weighted by Crippen LogP contribution is 2.18. The van der Waals surface area contributed by atoms with Crippen LogP contribution in [0.1, 0.15) is 26.7 Å². The van der Waals surface area contributed by atoms with Gasteiger partial charge in [-0.2, -0.15) is 0 Å². The molecule has 9 heavy (non-hydrogen) atoms. The summed E-state index contributed by atoms with van der Waals surface area (Å²) in [6.07, 6.45) is 9.07. The second-order valence-corrected chi connectivity index (χ2v) is 3.06. The van der Waals surface area contributed by atoms with Crippen LogP contribution in [0.15, 0.2) is 23.8 Å². The zero-order chi connectivity index (χ0) is 6.69. The minimum Gasteiger partial charge on any atom is -0.0805 e. The van der Waals surface area contributed by atoms with Crippen molar-refractivity contribution in [3.8, 4) is 0 Å². The maximum atomic E-state index is 2.26. The lowest BCUT2D eigenvalue weighted by Crippen LogP contribution is -1.88. The predicted molar refractivity (Wildman–Crippen MR) is 41.3 cm³/mol. The van der Waals surface area contributed by atoms with Gasteiger partial charge in [0.25, 0.3) is 0 Å². The lowest BCUT2D eigenvalue weighted by molar-refractivity contribution is 0.637. The minimum atomic E-state index is 0.816. The van der Waals surface area contributed by atoms with Crippen molar-refractivity contribution < 1.29 is 0 Å². The molecule has 0 radical (unpaired) electrons. The molecule has 1 rings (SSSR count). The highest BCUT2D eigenvalue weighted by molar-refractivity contribution is 5.22. The molecule has 0 atom stereocenters. The highest BCUT2D eigenvalue weighted by Gasteiger charge is 2.00. The van der Waals surface area contributed by atoms with Gasteiger partial charge in [0.1, 0.15) is 0 Å². The van der Waals surface area contributed by atoms with E-state index in [4.69, 9.17) is 0 Å². The molecule has 0 saturated heterocycles. The highest BCUT2D eigenvalue weighted by atomic mass is 14.1. The van der Waals surface area contributed by atoms with Crippen molar-refractivity contribution in [3.63, 3.8) is 0 Å². The summed E-state index contributed by atoms with van der Waals surface area (Å²) in [4.78, 5) is 0. The lowest BCUT2D eigenvalue weighted by Gasteiger charge is -2.03. The molecule has 0 unspecified atom stereocenters. The van der Waals surface area contributed by atoms with Gasteiger partial charge in [0.05, 0.1) is 0 Å². The molecule has 0 nitrogen and oxygen atoms in total. The average molecular weight is 122 g/mol. The van der Waals surface area contributed by atoms with E-state index >= 15 is 0 Å². The van der Waals surface area contributed by atoms with Gasteiger partial charge < -0.3 is 0 Å². The van der Waals surface area contributed by atoms with Gasteiger partial charge in [0, 0.05) is 0 Å². The molecular formula is C9H14. The summed E-state index contributed by atoms with van der Waals surface area (Å²) in [7, 11) is 0.